The lowest BCUT2D eigenvalue weighted by Crippen LogP contribution is -1.67. The molecule has 0 spiro atoms. The summed E-state index contributed by atoms with van der Waals surface area (Å²) in [6.07, 6.45) is 1.66. The number of aromatic hydroxyl groups is 1. The lowest BCUT2D eigenvalue weighted by molar-refractivity contribution is 0.475. The molecule has 0 saturated carbocycles. The monoisotopic (exact) mass is 239 g/mol. The van der Waals surface area contributed by atoms with Gasteiger partial charge in [-0.05, 0) is 18.2 Å². The second-order valence-corrected chi connectivity index (χ2v) is 3.93. The second-order valence-electron chi connectivity index (χ2n) is 2.65. The SMILES string of the molecule is Oc1ccc(N=Nc2nccs2)cc1Cl. The van der Waals surface area contributed by atoms with Gasteiger partial charge in [-0.1, -0.05) is 11.6 Å². The number of benzene rings is 1. The Kier molecular flexibility index (Phi) is 2.94. The molecule has 0 atom stereocenters. The van der Waals surface area contributed by atoms with Crippen molar-refractivity contribution >= 4 is 33.8 Å². The molecule has 1 aromatic carbocycles. The summed E-state index contributed by atoms with van der Waals surface area (Å²) in [5.41, 5.74) is 0.577. The van der Waals surface area contributed by atoms with Gasteiger partial charge in [0.2, 0.25) is 5.13 Å². The largest absolute Gasteiger partial charge is 0.506 e. The first-order valence-electron chi connectivity index (χ1n) is 4.05. The summed E-state index contributed by atoms with van der Waals surface area (Å²) in [5.74, 6) is 0.0323. The first-order chi connectivity index (χ1) is 7.25. The molecule has 15 heavy (non-hydrogen) atoms. The van der Waals surface area contributed by atoms with E-state index in [4.69, 9.17) is 11.6 Å². The number of hydrogen-bond acceptors (Lipinski definition) is 5. The van der Waals surface area contributed by atoms with Gasteiger partial charge in [0.1, 0.15) is 5.75 Å². The van der Waals surface area contributed by atoms with Crippen molar-refractivity contribution in [3.8, 4) is 5.75 Å². The van der Waals surface area contributed by atoms with Crippen molar-refractivity contribution in [2.75, 3.05) is 0 Å². The Hall–Kier alpha value is -1.46. The molecule has 76 valence electrons. The van der Waals surface area contributed by atoms with Crippen LogP contribution in [0.3, 0.4) is 0 Å². The molecule has 0 aliphatic carbocycles. The van der Waals surface area contributed by atoms with E-state index in [0.717, 1.165) is 0 Å². The normalized spacial score (nSPS) is 11.0. The summed E-state index contributed by atoms with van der Waals surface area (Å²) in [4.78, 5) is 3.95. The number of phenolic OH excluding ortho intramolecular Hbond substituents is 1. The zero-order valence-electron chi connectivity index (χ0n) is 7.46. The van der Waals surface area contributed by atoms with Crippen LogP contribution in [0.2, 0.25) is 5.02 Å². The van der Waals surface area contributed by atoms with Gasteiger partial charge in [0.05, 0.1) is 10.7 Å². The Morgan fingerprint density at radius 2 is 2.20 bits per heavy atom. The molecule has 0 aliphatic rings. The predicted octanol–water partition coefficient (Wildman–Crippen LogP) is 3.92. The summed E-state index contributed by atoms with van der Waals surface area (Å²) in [5, 5.41) is 19.7. The third kappa shape index (κ3) is 2.51. The Labute approximate surface area is 94.9 Å². The van der Waals surface area contributed by atoms with E-state index in [0.29, 0.717) is 10.8 Å². The standard InChI is InChI=1S/C9H6ClN3OS/c10-7-5-6(1-2-8(7)14)12-13-9-11-3-4-15-9/h1-5,14H. The van der Waals surface area contributed by atoms with Crippen LogP contribution in [-0.4, -0.2) is 10.1 Å². The maximum Gasteiger partial charge on any atom is 0.229 e. The second kappa shape index (κ2) is 4.37. The van der Waals surface area contributed by atoms with Gasteiger partial charge in [-0.15, -0.1) is 21.6 Å². The van der Waals surface area contributed by atoms with Gasteiger partial charge in [0.25, 0.3) is 0 Å². The highest BCUT2D eigenvalue weighted by atomic mass is 35.5. The minimum Gasteiger partial charge on any atom is -0.506 e. The average molecular weight is 240 g/mol. The number of azo groups is 1. The van der Waals surface area contributed by atoms with Gasteiger partial charge in [-0.25, -0.2) is 4.98 Å². The van der Waals surface area contributed by atoms with Crippen LogP contribution in [0.25, 0.3) is 0 Å². The van der Waals surface area contributed by atoms with E-state index >= 15 is 0 Å². The van der Waals surface area contributed by atoms with Crippen LogP contribution < -0.4 is 0 Å². The van der Waals surface area contributed by atoms with Crippen molar-refractivity contribution < 1.29 is 5.11 Å². The molecule has 0 fully saturated rings. The lowest BCUT2D eigenvalue weighted by atomic mass is 10.3. The summed E-state index contributed by atoms with van der Waals surface area (Å²) < 4.78 is 0. The number of nitrogens with zero attached hydrogens (tertiary/aromatic N) is 3. The van der Waals surface area contributed by atoms with Crippen molar-refractivity contribution in [2.45, 2.75) is 0 Å². The van der Waals surface area contributed by atoms with E-state index in [2.05, 4.69) is 15.2 Å². The maximum absolute atomic E-state index is 9.18. The molecule has 0 bridgehead atoms. The molecule has 2 aromatic rings. The fourth-order valence-corrected chi connectivity index (χ4v) is 1.55. The Balaban J connectivity index is 2.21. The molecule has 4 nitrogen and oxygen atoms in total. The van der Waals surface area contributed by atoms with Crippen LogP contribution in [-0.2, 0) is 0 Å². The van der Waals surface area contributed by atoms with Gasteiger partial charge < -0.3 is 5.11 Å². The number of rotatable bonds is 2. The molecule has 2 rings (SSSR count). The van der Waals surface area contributed by atoms with Crippen LogP contribution in [0.4, 0.5) is 10.8 Å². The summed E-state index contributed by atoms with van der Waals surface area (Å²) in [6, 6.07) is 4.63. The van der Waals surface area contributed by atoms with Crippen molar-refractivity contribution in [3.05, 3.63) is 34.8 Å². The minimum absolute atomic E-state index is 0.0323. The lowest BCUT2D eigenvalue weighted by Gasteiger charge is -1.95. The third-order valence-corrected chi connectivity index (χ3v) is 2.56. The predicted molar refractivity (Wildman–Crippen MR) is 59.4 cm³/mol. The van der Waals surface area contributed by atoms with Gasteiger partial charge in [0, 0.05) is 11.6 Å². The first kappa shape index (κ1) is 10.1. The van der Waals surface area contributed by atoms with Crippen LogP contribution >= 0.6 is 22.9 Å². The molecule has 0 aliphatic heterocycles. The zero-order chi connectivity index (χ0) is 10.7. The van der Waals surface area contributed by atoms with E-state index in [9.17, 15) is 5.11 Å². The molecule has 1 heterocycles. The highest BCUT2D eigenvalue weighted by molar-refractivity contribution is 7.13. The van der Waals surface area contributed by atoms with Gasteiger partial charge in [0.15, 0.2) is 0 Å². The fraction of sp³-hybridized carbons (Fsp3) is 0. The number of thiazole rings is 1. The third-order valence-electron chi connectivity index (χ3n) is 1.60. The van der Waals surface area contributed by atoms with Crippen LogP contribution in [0.15, 0.2) is 40.0 Å². The van der Waals surface area contributed by atoms with Gasteiger partial charge in [-0.2, -0.15) is 0 Å². The van der Waals surface area contributed by atoms with E-state index in [1.165, 1.54) is 23.5 Å². The van der Waals surface area contributed by atoms with Crippen LogP contribution in [0.5, 0.6) is 5.75 Å². The summed E-state index contributed by atoms with van der Waals surface area (Å²) in [7, 11) is 0. The Morgan fingerprint density at radius 3 is 2.87 bits per heavy atom. The van der Waals surface area contributed by atoms with Crippen molar-refractivity contribution in [1.82, 2.24) is 4.98 Å². The fourth-order valence-electron chi connectivity index (χ4n) is 0.924. The van der Waals surface area contributed by atoms with Crippen LogP contribution in [0.1, 0.15) is 0 Å². The quantitative estimate of drug-likeness (QED) is 0.808. The maximum atomic E-state index is 9.18. The molecule has 1 aromatic heterocycles. The molecule has 0 saturated heterocycles. The number of hydrogen-bond donors (Lipinski definition) is 1. The smallest absolute Gasteiger partial charge is 0.229 e. The number of phenols is 1. The molecular weight excluding hydrogens is 234 g/mol. The number of halogens is 1. The van der Waals surface area contributed by atoms with E-state index < -0.39 is 0 Å². The van der Waals surface area contributed by atoms with Gasteiger partial charge in [-0.3, -0.25) is 0 Å². The average Bonchev–Trinajstić information content (AvgIpc) is 2.73. The highest BCUT2D eigenvalue weighted by Crippen LogP contribution is 2.28. The minimum atomic E-state index is 0.0323. The topological polar surface area (TPSA) is 57.8 Å². The zero-order valence-corrected chi connectivity index (χ0v) is 9.03. The summed E-state index contributed by atoms with van der Waals surface area (Å²) in [6.45, 7) is 0. The first-order valence-corrected chi connectivity index (χ1v) is 5.31. The molecule has 1 N–H and O–H groups in total. The Morgan fingerprint density at radius 1 is 1.33 bits per heavy atom. The Bertz CT molecular complexity index is 484. The van der Waals surface area contributed by atoms with Crippen molar-refractivity contribution in [1.29, 1.82) is 0 Å². The molecule has 0 amide bonds. The van der Waals surface area contributed by atoms with Crippen molar-refractivity contribution in [3.63, 3.8) is 0 Å². The van der Waals surface area contributed by atoms with Crippen molar-refractivity contribution in [2.24, 2.45) is 10.2 Å². The molecule has 0 radical (unpaired) electrons. The molecular formula is C9H6ClN3OS. The molecule has 0 unspecified atom stereocenters. The van der Waals surface area contributed by atoms with E-state index in [1.54, 1.807) is 12.3 Å². The highest BCUT2D eigenvalue weighted by Gasteiger charge is 1.98. The molecule has 6 heteroatoms. The summed E-state index contributed by atoms with van der Waals surface area (Å²) >= 11 is 7.11. The number of aromatic nitrogens is 1. The van der Waals surface area contributed by atoms with E-state index in [1.807, 2.05) is 5.38 Å². The van der Waals surface area contributed by atoms with Crippen LogP contribution in [0, 0.1) is 0 Å². The van der Waals surface area contributed by atoms with E-state index in [-0.39, 0.29) is 10.8 Å². The van der Waals surface area contributed by atoms with Gasteiger partial charge >= 0.3 is 0 Å².